The van der Waals surface area contributed by atoms with Gasteiger partial charge in [0.1, 0.15) is 5.52 Å². The van der Waals surface area contributed by atoms with Crippen LogP contribution in [0.5, 0.6) is 0 Å². The maximum atomic E-state index is 12.0. The zero-order valence-electron chi connectivity index (χ0n) is 9.91. The fourth-order valence-electron chi connectivity index (χ4n) is 2.42. The number of rotatable bonds is 2. The molecule has 0 saturated carbocycles. The Kier molecular flexibility index (Phi) is 2.76. The lowest BCUT2D eigenvalue weighted by atomic mass is 10.1. The van der Waals surface area contributed by atoms with Crippen molar-refractivity contribution >= 4 is 33.3 Å². The minimum atomic E-state index is -0.522. The van der Waals surface area contributed by atoms with E-state index in [9.17, 15) is 9.90 Å². The average molecular weight is 263 g/mol. The summed E-state index contributed by atoms with van der Waals surface area (Å²) in [5.74, 6) is 0.0673. The maximum Gasteiger partial charge on any atom is 0.227 e. The Morgan fingerprint density at radius 3 is 3.17 bits per heavy atom. The van der Waals surface area contributed by atoms with Crippen LogP contribution in [0, 0.1) is 0 Å². The van der Waals surface area contributed by atoms with Crippen molar-refractivity contribution in [1.82, 2.24) is 9.59 Å². The van der Waals surface area contributed by atoms with Crippen LogP contribution in [-0.2, 0) is 4.79 Å². The number of aliphatic hydroxyl groups excluding tert-OH is 1. The Morgan fingerprint density at radius 1 is 1.56 bits per heavy atom. The fourth-order valence-corrected chi connectivity index (χ4v) is 3.01. The second-order valence-electron chi connectivity index (χ2n) is 4.54. The first-order valence-corrected chi connectivity index (χ1v) is 6.66. The molecular formula is C12H13N3O2S. The predicted octanol–water partition coefficient (Wildman–Crippen LogP) is 1.57. The molecule has 3 rings (SSSR count). The molecule has 0 bridgehead atoms. The van der Waals surface area contributed by atoms with Crippen LogP contribution in [0.2, 0.25) is 0 Å². The molecular weight excluding hydrogens is 250 g/mol. The molecule has 1 aromatic heterocycles. The Hall–Kier alpha value is -1.53. The molecule has 1 fully saturated rings. The van der Waals surface area contributed by atoms with E-state index in [0.29, 0.717) is 12.8 Å². The van der Waals surface area contributed by atoms with Gasteiger partial charge in [0.15, 0.2) is 0 Å². The third-order valence-electron chi connectivity index (χ3n) is 3.32. The van der Waals surface area contributed by atoms with E-state index < -0.39 is 6.10 Å². The fraction of sp³-hybridized carbons (Fsp3) is 0.417. The van der Waals surface area contributed by atoms with Crippen molar-refractivity contribution in [2.45, 2.75) is 31.9 Å². The molecule has 1 amide bonds. The van der Waals surface area contributed by atoms with Crippen molar-refractivity contribution < 1.29 is 9.90 Å². The molecule has 0 aliphatic carbocycles. The van der Waals surface area contributed by atoms with Crippen LogP contribution in [-0.4, -0.2) is 32.7 Å². The van der Waals surface area contributed by atoms with Gasteiger partial charge in [-0.3, -0.25) is 4.79 Å². The molecule has 1 aromatic carbocycles. The van der Waals surface area contributed by atoms with Gasteiger partial charge >= 0.3 is 0 Å². The van der Waals surface area contributed by atoms with Gasteiger partial charge in [-0.25, -0.2) is 0 Å². The number of carbonyl (C=O) groups excluding carboxylic acids is 1. The molecule has 1 N–H and O–H groups in total. The summed E-state index contributed by atoms with van der Waals surface area (Å²) in [5.41, 5.74) is 1.66. The normalized spacial score (nSPS) is 21.8. The molecule has 0 unspecified atom stereocenters. The molecule has 1 aliphatic heterocycles. The van der Waals surface area contributed by atoms with E-state index in [4.69, 9.17) is 0 Å². The minimum Gasteiger partial charge on any atom is -0.391 e. The Balaban J connectivity index is 2.03. The van der Waals surface area contributed by atoms with Crippen molar-refractivity contribution in [3.05, 3.63) is 18.2 Å². The highest BCUT2D eigenvalue weighted by molar-refractivity contribution is 7.12. The number of benzene rings is 1. The van der Waals surface area contributed by atoms with Gasteiger partial charge in [-0.05, 0) is 43.1 Å². The molecule has 94 valence electrons. The standard InChI is InChI=1S/C12H13N3O2S/c1-7(16)10-4-5-12(17)15(10)8-2-3-9-11(6-8)18-14-13-9/h2-3,6-7,10,16H,4-5H2,1H3/t7-,10+/m0/s1. The van der Waals surface area contributed by atoms with Gasteiger partial charge in [-0.15, -0.1) is 5.10 Å². The predicted molar refractivity (Wildman–Crippen MR) is 69.6 cm³/mol. The lowest BCUT2D eigenvalue weighted by Gasteiger charge is -2.26. The molecule has 2 aromatic rings. The largest absolute Gasteiger partial charge is 0.391 e. The molecule has 0 spiro atoms. The van der Waals surface area contributed by atoms with E-state index in [1.807, 2.05) is 18.2 Å². The molecule has 0 radical (unpaired) electrons. The number of nitrogens with zero attached hydrogens (tertiary/aromatic N) is 3. The van der Waals surface area contributed by atoms with E-state index in [0.717, 1.165) is 15.9 Å². The summed E-state index contributed by atoms with van der Waals surface area (Å²) in [5, 5.41) is 13.7. The highest BCUT2D eigenvalue weighted by Crippen LogP contribution is 2.31. The monoisotopic (exact) mass is 263 g/mol. The molecule has 1 saturated heterocycles. The molecule has 1 aliphatic rings. The molecule has 2 atom stereocenters. The van der Waals surface area contributed by atoms with E-state index in [1.165, 1.54) is 11.5 Å². The van der Waals surface area contributed by atoms with Gasteiger partial charge in [0.05, 0.1) is 16.8 Å². The smallest absolute Gasteiger partial charge is 0.227 e. The van der Waals surface area contributed by atoms with Crippen LogP contribution in [0.3, 0.4) is 0 Å². The molecule has 2 heterocycles. The van der Waals surface area contributed by atoms with Crippen LogP contribution in [0.25, 0.3) is 10.2 Å². The molecule has 18 heavy (non-hydrogen) atoms. The second kappa shape index (κ2) is 4.29. The zero-order valence-corrected chi connectivity index (χ0v) is 10.7. The van der Waals surface area contributed by atoms with Gasteiger partial charge in [0.25, 0.3) is 0 Å². The SMILES string of the molecule is C[C@H](O)[C@H]1CCC(=O)N1c1ccc2nnsc2c1. The summed E-state index contributed by atoms with van der Waals surface area (Å²) in [6.45, 7) is 1.73. The zero-order chi connectivity index (χ0) is 12.7. The quantitative estimate of drug-likeness (QED) is 0.893. The number of anilines is 1. The van der Waals surface area contributed by atoms with Crippen molar-refractivity contribution in [3.63, 3.8) is 0 Å². The van der Waals surface area contributed by atoms with Crippen LogP contribution in [0.1, 0.15) is 19.8 Å². The first-order valence-electron chi connectivity index (χ1n) is 5.89. The number of fused-ring (bicyclic) bond motifs is 1. The molecule has 6 heteroatoms. The van der Waals surface area contributed by atoms with E-state index in [-0.39, 0.29) is 11.9 Å². The molecule has 5 nitrogen and oxygen atoms in total. The van der Waals surface area contributed by atoms with Gasteiger partial charge < -0.3 is 10.0 Å². The third kappa shape index (κ3) is 1.77. The van der Waals surface area contributed by atoms with Gasteiger partial charge in [-0.1, -0.05) is 4.49 Å². The third-order valence-corrected chi connectivity index (χ3v) is 4.01. The lowest BCUT2D eigenvalue weighted by molar-refractivity contribution is -0.117. The number of aliphatic hydroxyl groups is 1. The van der Waals surface area contributed by atoms with Crippen molar-refractivity contribution in [2.75, 3.05) is 4.90 Å². The number of carbonyl (C=O) groups is 1. The maximum absolute atomic E-state index is 12.0. The number of hydrogen-bond donors (Lipinski definition) is 1. The summed E-state index contributed by atoms with van der Waals surface area (Å²) in [7, 11) is 0. The lowest BCUT2D eigenvalue weighted by Crippen LogP contribution is -2.39. The summed E-state index contributed by atoms with van der Waals surface area (Å²) in [6, 6.07) is 5.51. The van der Waals surface area contributed by atoms with Gasteiger partial charge in [0, 0.05) is 12.1 Å². The highest BCUT2D eigenvalue weighted by atomic mass is 32.1. The van der Waals surface area contributed by atoms with Crippen molar-refractivity contribution in [1.29, 1.82) is 0 Å². The first kappa shape index (κ1) is 11.6. The number of aromatic nitrogens is 2. The summed E-state index contributed by atoms with van der Waals surface area (Å²) >= 11 is 1.31. The van der Waals surface area contributed by atoms with E-state index in [2.05, 4.69) is 9.59 Å². The van der Waals surface area contributed by atoms with Crippen LogP contribution < -0.4 is 4.90 Å². The summed E-state index contributed by atoms with van der Waals surface area (Å²) in [6.07, 6.45) is 0.677. The highest BCUT2D eigenvalue weighted by Gasteiger charge is 2.35. The minimum absolute atomic E-state index is 0.0673. The van der Waals surface area contributed by atoms with Gasteiger partial charge in [0.2, 0.25) is 5.91 Å². The number of hydrogen-bond acceptors (Lipinski definition) is 5. The topological polar surface area (TPSA) is 66.3 Å². The number of amides is 1. The van der Waals surface area contributed by atoms with Crippen molar-refractivity contribution in [3.8, 4) is 0 Å². The van der Waals surface area contributed by atoms with E-state index >= 15 is 0 Å². The van der Waals surface area contributed by atoms with Crippen molar-refractivity contribution in [2.24, 2.45) is 0 Å². The second-order valence-corrected chi connectivity index (χ2v) is 5.32. The summed E-state index contributed by atoms with van der Waals surface area (Å²) < 4.78 is 4.84. The van der Waals surface area contributed by atoms with Crippen LogP contribution in [0.15, 0.2) is 18.2 Å². The Morgan fingerprint density at radius 2 is 2.39 bits per heavy atom. The average Bonchev–Trinajstić information content (AvgIpc) is 2.93. The van der Waals surface area contributed by atoms with E-state index in [1.54, 1.807) is 11.8 Å². The Bertz CT molecular complexity index is 596. The Labute approximate surface area is 108 Å². The van der Waals surface area contributed by atoms with Gasteiger partial charge in [-0.2, -0.15) is 0 Å². The van der Waals surface area contributed by atoms with Crippen LogP contribution >= 0.6 is 11.5 Å². The summed E-state index contributed by atoms with van der Waals surface area (Å²) in [4.78, 5) is 13.6. The first-order chi connectivity index (χ1) is 8.66. The van der Waals surface area contributed by atoms with Crippen LogP contribution in [0.4, 0.5) is 5.69 Å².